The van der Waals surface area contributed by atoms with Crippen molar-refractivity contribution >= 4 is 29.2 Å². The van der Waals surface area contributed by atoms with Gasteiger partial charge in [-0.25, -0.2) is 0 Å². The molecule has 2 amide bonds. The summed E-state index contributed by atoms with van der Waals surface area (Å²) in [6.45, 7) is 14.6. The average Bonchev–Trinajstić information content (AvgIpc) is 3.90. The summed E-state index contributed by atoms with van der Waals surface area (Å²) in [5.74, 6) is -1.68. The largest absolute Gasteiger partial charge is 0.346 e. The molecule has 1 unspecified atom stereocenters. The van der Waals surface area contributed by atoms with Crippen LogP contribution in [-0.4, -0.2) is 90.8 Å². The van der Waals surface area contributed by atoms with Gasteiger partial charge in [-0.3, -0.25) is 24.0 Å². The molecule has 1 aliphatic heterocycles. The van der Waals surface area contributed by atoms with Gasteiger partial charge in [0.15, 0.2) is 11.6 Å². The molecule has 0 aromatic heterocycles. The Balaban J connectivity index is 1.49. The van der Waals surface area contributed by atoms with E-state index in [1.165, 1.54) is 0 Å². The molecule has 0 radical (unpaired) electrons. The van der Waals surface area contributed by atoms with Crippen LogP contribution in [0.15, 0.2) is 60.7 Å². The minimum Gasteiger partial charge on any atom is -0.346 e. The highest BCUT2D eigenvalue weighted by atomic mass is 16.2. The van der Waals surface area contributed by atoms with Crippen LogP contribution in [0.4, 0.5) is 0 Å². The molecule has 2 aromatic rings. The first kappa shape index (κ1) is 43.0. The number of aryl methyl sites for hydroxylation is 1. The second kappa shape index (κ2) is 20.8. The van der Waals surface area contributed by atoms with E-state index in [1.807, 2.05) is 95.3 Å². The molecule has 2 fully saturated rings. The number of hydrogen-bond donors (Lipinski definition) is 2. The lowest BCUT2D eigenvalue weighted by Crippen LogP contribution is -2.49. The zero-order chi connectivity index (χ0) is 39.3. The summed E-state index contributed by atoms with van der Waals surface area (Å²) in [6.07, 6.45) is 4.51. The van der Waals surface area contributed by atoms with Gasteiger partial charge in [-0.1, -0.05) is 95.3 Å². The van der Waals surface area contributed by atoms with Crippen molar-refractivity contribution in [3.8, 4) is 0 Å². The molecule has 0 spiro atoms. The number of carbonyl (C=O) groups is 5. The Bertz CT molecular complexity index is 1510. The van der Waals surface area contributed by atoms with Crippen molar-refractivity contribution in [3.63, 3.8) is 0 Å². The number of ketones is 3. The number of nitrogens with zero attached hydrogens (tertiary/aromatic N) is 2. The Morgan fingerprint density at radius 2 is 1.24 bits per heavy atom. The molecule has 1 saturated heterocycles. The van der Waals surface area contributed by atoms with Crippen molar-refractivity contribution in [2.75, 3.05) is 39.8 Å². The average molecular weight is 743 g/mol. The van der Waals surface area contributed by atoms with E-state index >= 15 is 0 Å². The van der Waals surface area contributed by atoms with Crippen LogP contribution in [0.25, 0.3) is 0 Å². The fourth-order valence-corrected chi connectivity index (χ4v) is 7.46. The van der Waals surface area contributed by atoms with Crippen LogP contribution in [0.3, 0.4) is 0 Å². The van der Waals surface area contributed by atoms with Gasteiger partial charge in [0.05, 0.1) is 12.1 Å². The molecule has 1 heterocycles. The van der Waals surface area contributed by atoms with E-state index in [0.717, 1.165) is 50.1 Å². The number of likely N-dealkylation sites (N-methyl/N-ethyl adjacent to an activating group) is 1. The molecule has 9 nitrogen and oxygen atoms in total. The second-order valence-corrected chi connectivity index (χ2v) is 17.2. The molecular weight excluding hydrogens is 677 g/mol. The summed E-state index contributed by atoms with van der Waals surface area (Å²) in [6, 6.07) is 18.2. The maximum Gasteiger partial charge on any atom is 0.224 e. The number of rotatable bonds is 23. The zero-order valence-electron chi connectivity index (χ0n) is 33.8. The Morgan fingerprint density at radius 3 is 1.81 bits per heavy atom. The molecule has 2 N–H and O–H groups in total. The molecule has 4 atom stereocenters. The van der Waals surface area contributed by atoms with Crippen molar-refractivity contribution in [2.45, 2.75) is 111 Å². The molecule has 9 heteroatoms. The Labute approximate surface area is 324 Å². The fourth-order valence-electron chi connectivity index (χ4n) is 7.46. The fraction of sp³-hybridized carbons (Fsp3) is 0.622. The number of nitrogens with one attached hydrogen (secondary N) is 2. The van der Waals surface area contributed by atoms with E-state index in [9.17, 15) is 24.0 Å². The Morgan fingerprint density at radius 1 is 0.704 bits per heavy atom. The van der Waals surface area contributed by atoms with Crippen LogP contribution in [0.2, 0.25) is 0 Å². The first-order valence-electron chi connectivity index (χ1n) is 20.4. The van der Waals surface area contributed by atoms with Gasteiger partial charge >= 0.3 is 0 Å². The molecular formula is C45H66N4O5. The van der Waals surface area contributed by atoms with Crippen LogP contribution >= 0.6 is 0 Å². The third-order valence-corrected chi connectivity index (χ3v) is 11.3. The quantitative estimate of drug-likeness (QED) is 0.142. The summed E-state index contributed by atoms with van der Waals surface area (Å²) >= 11 is 0. The highest BCUT2D eigenvalue weighted by Crippen LogP contribution is 2.47. The van der Waals surface area contributed by atoms with Gasteiger partial charge < -0.3 is 20.4 Å². The number of carbonyl (C=O) groups excluding carboxylic acids is 5. The SMILES string of the molecule is CC(C)C[C@H](NC(=O)[C@H](CCc1ccccc1)CC(=O)CCN1CCN(C)CC1)C(=O)CC(Cc1ccccc1)C(=O)N[C@@H](CC(C)C)C(=O)C1(C)CC1. The van der Waals surface area contributed by atoms with Crippen molar-refractivity contribution in [2.24, 2.45) is 29.1 Å². The van der Waals surface area contributed by atoms with E-state index in [1.54, 1.807) is 0 Å². The number of Topliss-reactive ketones (excluding diaryl/α,β-unsaturated/α-hetero) is 3. The van der Waals surface area contributed by atoms with Gasteiger partial charge in [0.25, 0.3) is 0 Å². The minimum atomic E-state index is -0.804. The Kier molecular flexibility index (Phi) is 16.6. The zero-order valence-corrected chi connectivity index (χ0v) is 33.8. The van der Waals surface area contributed by atoms with Gasteiger partial charge in [-0.05, 0) is 75.0 Å². The van der Waals surface area contributed by atoms with E-state index < -0.39 is 29.3 Å². The van der Waals surface area contributed by atoms with Crippen molar-refractivity contribution in [1.82, 2.24) is 20.4 Å². The molecule has 2 aliphatic rings. The predicted octanol–water partition coefficient (Wildman–Crippen LogP) is 6.08. The molecule has 0 bridgehead atoms. The van der Waals surface area contributed by atoms with Gasteiger partial charge in [0.1, 0.15) is 5.78 Å². The van der Waals surface area contributed by atoms with Crippen molar-refractivity contribution in [1.29, 1.82) is 0 Å². The van der Waals surface area contributed by atoms with Crippen molar-refractivity contribution < 1.29 is 24.0 Å². The van der Waals surface area contributed by atoms with Crippen molar-refractivity contribution in [3.05, 3.63) is 71.8 Å². The summed E-state index contributed by atoms with van der Waals surface area (Å²) in [5.41, 5.74) is 1.62. The first-order chi connectivity index (χ1) is 25.7. The highest BCUT2D eigenvalue weighted by Gasteiger charge is 2.48. The smallest absolute Gasteiger partial charge is 0.224 e. The maximum atomic E-state index is 14.3. The van der Waals surface area contributed by atoms with E-state index in [0.29, 0.717) is 45.1 Å². The summed E-state index contributed by atoms with van der Waals surface area (Å²) in [4.78, 5) is 74.0. The van der Waals surface area contributed by atoms with Gasteiger partial charge in [-0.2, -0.15) is 0 Å². The minimum absolute atomic E-state index is 0.0547. The van der Waals surface area contributed by atoms with Crippen LogP contribution in [0.1, 0.15) is 97.1 Å². The number of hydrogen-bond acceptors (Lipinski definition) is 7. The molecule has 4 rings (SSSR count). The summed E-state index contributed by atoms with van der Waals surface area (Å²) in [7, 11) is 2.11. The molecule has 2 aromatic carbocycles. The van der Waals surface area contributed by atoms with E-state index in [4.69, 9.17) is 0 Å². The predicted molar refractivity (Wildman–Crippen MR) is 215 cm³/mol. The lowest BCUT2D eigenvalue weighted by molar-refractivity contribution is -0.135. The number of benzene rings is 2. The van der Waals surface area contributed by atoms with Gasteiger partial charge in [0, 0.05) is 69.2 Å². The van der Waals surface area contributed by atoms with E-state index in [-0.39, 0.29) is 53.8 Å². The molecule has 1 aliphatic carbocycles. The first-order valence-corrected chi connectivity index (χ1v) is 20.4. The lowest BCUT2D eigenvalue weighted by Gasteiger charge is -2.32. The third-order valence-electron chi connectivity index (χ3n) is 11.3. The molecule has 54 heavy (non-hydrogen) atoms. The van der Waals surface area contributed by atoms with Gasteiger partial charge in [0.2, 0.25) is 11.8 Å². The summed E-state index contributed by atoms with van der Waals surface area (Å²) in [5, 5.41) is 6.16. The van der Waals surface area contributed by atoms with E-state index in [2.05, 4.69) is 27.5 Å². The standard InChI is InChI=1S/C45H66N4O5/c1-32(2)27-39(46-43(53)36(18-17-34-13-9-7-10-14-34)30-38(50)19-22-49-25-23-48(6)24-26-49)41(51)31-37(29-35-15-11-8-12-16-35)44(54)47-40(28-33(3)4)42(52)45(5)20-21-45/h7-16,32-33,36-37,39-40H,17-31H2,1-6H3,(H,46,53)(H,47,54)/t36-,37?,39+,40+/m1/s1. The van der Waals surface area contributed by atoms with Crippen LogP contribution in [0, 0.1) is 29.1 Å². The monoisotopic (exact) mass is 743 g/mol. The highest BCUT2D eigenvalue weighted by molar-refractivity contribution is 5.97. The molecule has 296 valence electrons. The van der Waals surface area contributed by atoms with Crippen LogP contribution < -0.4 is 10.6 Å². The summed E-state index contributed by atoms with van der Waals surface area (Å²) < 4.78 is 0. The Hall–Kier alpha value is -3.69. The van der Waals surface area contributed by atoms with Gasteiger partial charge in [-0.15, -0.1) is 0 Å². The number of piperazine rings is 1. The maximum absolute atomic E-state index is 14.3. The lowest BCUT2D eigenvalue weighted by atomic mass is 9.87. The topological polar surface area (TPSA) is 116 Å². The van der Waals surface area contributed by atoms with Crippen LogP contribution in [-0.2, 0) is 36.8 Å². The third kappa shape index (κ3) is 14.2. The number of amides is 2. The normalized spacial score (nSPS) is 18.1. The van der Waals surface area contributed by atoms with Crippen LogP contribution in [0.5, 0.6) is 0 Å². The second-order valence-electron chi connectivity index (χ2n) is 17.2. The molecule has 1 saturated carbocycles.